The van der Waals surface area contributed by atoms with Crippen LogP contribution in [0.2, 0.25) is 0 Å². The van der Waals surface area contributed by atoms with Gasteiger partial charge in [-0.1, -0.05) is 38.1 Å². The summed E-state index contributed by atoms with van der Waals surface area (Å²) >= 11 is 0. The molecule has 0 aliphatic heterocycles. The van der Waals surface area contributed by atoms with Crippen molar-refractivity contribution in [3.8, 4) is 0 Å². The van der Waals surface area contributed by atoms with Gasteiger partial charge in [0.1, 0.15) is 0 Å². The highest BCUT2D eigenvalue weighted by Gasteiger charge is 2.03. The minimum atomic E-state index is -0.374. The van der Waals surface area contributed by atoms with Gasteiger partial charge in [-0.3, -0.25) is 9.59 Å². The summed E-state index contributed by atoms with van der Waals surface area (Å²) in [4.78, 5) is 25.1. The first-order chi connectivity index (χ1) is 10.1. The highest BCUT2D eigenvalue weighted by Crippen LogP contribution is 2.13. The van der Waals surface area contributed by atoms with E-state index in [1.807, 2.05) is 24.3 Å². The Labute approximate surface area is 122 Å². The molecule has 0 spiro atoms. The Morgan fingerprint density at radius 1 is 1.19 bits per heavy atom. The van der Waals surface area contributed by atoms with Gasteiger partial charge in [-0.25, -0.2) is 5.43 Å². The Morgan fingerprint density at radius 2 is 1.90 bits per heavy atom. The number of aromatic nitrogens is 1. The van der Waals surface area contributed by atoms with E-state index in [9.17, 15) is 9.59 Å². The molecule has 5 heteroatoms. The molecule has 0 aliphatic rings. The molecule has 0 saturated carbocycles. The number of amides is 1. The van der Waals surface area contributed by atoms with Crippen LogP contribution in [0, 0.1) is 0 Å². The third kappa shape index (κ3) is 4.14. The Kier molecular flexibility index (Phi) is 4.66. The number of H-pyrrole nitrogens is 1. The van der Waals surface area contributed by atoms with Gasteiger partial charge in [0.25, 0.3) is 5.91 Å². The van der Waals surface area contributed by atoms with Gasteiger partial charge in [0, 0.05) is 12.3 Å². The van der Waals surface area contributed by atoms with Gasteiger partial charge in [0.15, 0.2) is 0 Å². The highest BCUT2D eigenvalue weighted by atomic mass is 16.2. The molecule has 108 valence electrons. The van der Waals surface area contributed by atoms with Gasteiger partial charge in [0.2, 0.25) is 5.56 Å². The van der Waals surface area contributed by atoms with Gasteiger partial charge in [-0.2, -0.15) is 5.10 Å². The normalized spacial score (nSPS) is 11.0. The molecule has 5 nitrogen and oxygen atoms in total. The number of rotatable bonds is 4. The second-order valence-electron chi connectivity index (χ2n) is 4.96. The smallest absolute Gasteiger partial charge is 0.272 e. The van der Waals surface area contributed by atoms with Crippen molar-refractivity contribution in [3.63, 3.8) is 0 Å². The lowest BCUT2D eigenvalue weighted by molar-refractivity contribution is 0.0954. The van der Waals surface area contributed by atoms with Crippen LogP contribution in [0.3, 0.4) is 0 Å². The Morgan fingerprint density at radius 3 is 2.48 bits per heavy atom. The van der Waals surface area contributed by atoms with Crippen LogP contribution < -0.4 is 11.0 Å². The second-order valence-corrected chi connectivity index (χ2v) is 4.96. The van der Waals surface area contributed by atoms with E-state index in [1.54, 1.807) is 6.21 Å². The molecule has 0 saturated heterocycles. The summed E-state index contributed by atoms with van der Waals surface area (Å²) in [5.41, 5.74) is 4.67. The molecule has 1 aromatic heterocycles. The van der Waals surface area contributed by atoms with Crippen molar-refractivity contribution in [1.82, 2.24) is 10.4 Å². The molecule has 0 atom stereocenters. The van der Waals surface area contributed by atoms with Crippen molar-refractivity contribution in [2.75, 3.05) is 0 Å². The maximum Gasteiger partial charge on any atom is 0.272 e. The first-order valence-electron chi connectivity index (χ1n) is 6.68. The summed E-state index contributed by atoms with van der Waals surface area (Å²) in [6, 6.07) is 10.7. The summed E-state index contributed by atoms with van der Waals surface area (Å²) in [6.45, 7) is 4.26. The first kappa shape index (κ1) is 14.7. The number of hydrogen-bond acceptors (Lipinski definition) is 3. The van der Waals surface area contributed by atoms with Crippen LogP contribution in [0.1, 0.15) is 41.3 Å². The number of nitrogens with zero attached hydrogens (tertiary/aromatic N) is 1. The van der Waals surface area contributed by atoms with E-state index in [2.05, 4.69) is 29.4 Å². The van der Waals surface area contributed by atoms with Crippen molar-refractivity contribution in [1.29, 1.82) is 0 Å². The average molecular weight is 283 g/mol. The molecule has 1 amide bonds. The molecule has 2 aromatic rings. The predicted molar refractivity (Wildman–Crippen MR) is 82.7 cm³/mol. The van der Waals surface area contributed by atoms with E-state index < -0.39 is 0 Å². The van der Waals surface area contributed by atoms with Crippen molar-refractivity contribution in [2.24, 2.45) is 5.10 Å². The standard InChI is InChI=1S/C16H17N3O2/c1-11(2)13-5-3-12(4-6-13)9-18-19-16(21)14-7-8-15(20)17-10-14/h3-11H,1-2H3,(H,17,20)(H,19,21)/b18-9+. The van der Waals surface area contributed by atoms with Crippen LogP contribution in [-0.2, 0) is 0 Å². The lowest BCUT2D eigenvalue weighted by Crippen LogP contribution is -2.19. The fourth-order valence-corrected chi connectivity index (χ4v) is 1.75. The number of aromatic amines is 1. The van der Waals surface area contributed by atoms with E-state index in [-0.39, 0.29) is 11.5 Å². The van der Waals surface area contributed by atoms with Crippen molar-refractivity contribution in [2.45, 2.75) is 19.8 Å². The third-order valence-corrected chi connectivity index (χ3v) is 3.03. The van der Waals surface area contributed by atoms with Gasteiger partial charge in [-0.15, -0.1) is 0 Å². The number of carbonyl (C=O) groups excluding carboxylic acids is 1. The van der Waals surface area contributed by atoms with Crippen LogP contribution in [0.4, 0.5) is 0 Å². The SMILES string of the molecule is CC(C)c1ccc(/C=N/NC(=O)c2ccc(=O)[nH]c2)cc1. The van der Waals surface area contributed by atoms with E-state index in [0.717, 1.165) is 5.56 Å². The zero-order chi connectivity index (χ0) is 15.2. The van der Waals surface area contributed by atoms with Crippen LogP contribution in [0.15, 0.2) is 52.5 Å². The highest BCUT2D eigenvalue weighted by molar-refractivity contribution is 5.94. The van der Waals surface area contributed by atoms with Crippen molar-refractivity contribution in [3.05, 3.63) is 69.6 Å². The zero-order valence-electron chi connectivity index (χ0n) is 12.0. The van der Waals surface area contributed by atoms with E-state index >= 15 is 0 Å². The summed E-state index contributed by atoms with van der Waals surface area (Å²) in [5.74, 6) is 0.109. The van der Waals surface area contributed by atoms with Crippen LogP contribution in [-0.4, -0.2) is 17.1 Å². The van der Waals surface area contributed by atoms with Crippen LogP contribution >= 0.6 is 0 Å². The molecule has 0 bridgehead atoms. The molecule has 1 heterocycles. The lowest BCUT2D eigenvalue weighted by atomic mass is 10.0. The van der Waals surface area contributed by atoms with Gasteiger partial charge < -0.3 is 4.98 Å². The number of pyridine rings is 1. The molecule has 0 unspecified atom stereocenters. The third-order valence-electron chi connectivity index (χ3n) is 3.03. The van der Waals surface area contributed by atoms with Crippen molar-refractivity contribution >= 4 is 12.1 Å². The summed E-state index contributed by atoms with van der Waals surface area (Å²) in [7, 11) is 0. The van der Waals surface area contributed by atoms with E-state index in [0.29, 0.717) is 11.5 Å². The topological polar surface area (TPSA) is 74.3 Å². The minimum Gasteiger partial charge on any atom is -0.328 e. The summed E-state index contributed by atoms with van der Waals surface area (Å²) in [5, 5.41) is 3.90. The summed E-state index contributed by atoms with van der Waals surface area (Å²) in [6.07, 6.45) is 2.93. The zero-order valence-corrected chi connectivity index (χ0v) is 12.0. The minimum absolute atomic E-state index is 0.250. The molecule has 21 heavy (non-hydrogen) atoms. The molecule has 2 rings (SSSR count). The average Bonchev–Trinajstić information content (AvgIpc) is 2.48. The maximum absolute atomic E-state index is 11.7. The lowest BCUT2D eigenvalue weighted by Gasteiger charge is -2.04. The largest absolute Gasteiger partial charge is 0.328 e. The number of hydrogen-bond donors (Lipinski definition) is 2. The molecular formula is C16H17N3O2. The fourth-order valence-electron chi connectivity index (χ4n) is 1.75. The van der Waals surface area contributed by atoms with Crippen LogP contribution in [0.25, 0.3) is 0 Å². The molecule has 0 fully saturated rings. The van der Waals surface area contributed by atoms with Crippen LogP contribution in [0.5, 0.6) is 0 Å². The Bertz CT molecular complexity index is 680. The summed E-state index contributed by atoms with van der Waals surface area (Å²) < 4.78 is 0. The Hall–Kier alpha value is -2.69. The Balaban J connectivity index is 1.97. The maximum atomic E-state index is 11.7. The number of carbonyl (C=O) groups is 1. The van der Waals surface area contributed by atoms with E-state index in [1.165, 1.54) is 23.9 Å². The number of hydrazone groups is 1. The fraction of sp³-hybridized carbons (Fsp3) is 0.188. The number of nitrogens with one attached hydrogen (secondary N) is 2. The second kappa shape index (κ2) is 6.65. The molecular weight excluding hydrogens is 266 g/mol. The quantitative estimate of drug-likeness (QED) is 0.667. The predicted octanol–water partition coefficient (Wildman–Crippen LogP) is 2.26. The monoisotopic (exact) mass is 283 g/mol. The van der Waals surface area contributed by atoms with Crippen molar-refractivity contribution < 1.29 is 4.79 Å². The van der Waals surface area contributed by atoms with Gasteiger partial charge in [-0.05, 0) is 23.1 Å². The molecule has 2 N–H and O–H groups in total. The van der Waals surface area contributed by atoms with Gasteiger partial charge in [0.05, 0.1) is 11.8 Å². The number of benzene rings is 1. The first-order valence-corrected chi connectivity index (χ1v) is 6.68. The van der Waals surface area contributed by atoms with E-state index in [4.69, 9.17) is 0 Å². The molecule has 0 aliphatic carbocycles. The van der Waals surface area contributed by atoms with Gasteiger partial charge >= 0.3 is 0 Å². The molecule has 1 aromatic carbocycles. The molecule has 0 radical (unpaired) electrons.